The van der Waals surface area contributed by atoms with E-state index in [0.29, 0.717) is 12.0 Å². The van der Waals surface area contributed by atoms with Crippen LogP contribution in [0.1, 0.15) is 41.2 Å². The number of piperidine rings is 1. The molecule has 1 saturated heterocycles. The van der Waals surface area contributed by atoms with Crippen molar-refractivity contribution < 1.29 is 9.90 Å². The molecule has 1 amide bonds. The summed E-state index contributed by atoms with van der Waals surface area (Å²) >= 11 is 1.40. The molecule has 1 aliphatic heterocycles. The molecule has 3 nitrogen and oxygen atoms in total. The second kappa shape index (κ2) is 6.23. The van der Waals surface area contributed by atoms with Crippen molar-refractivity contribution in [2.45, 2.75) is 32.7 Å². The molecule has 0 radical (unpaired) electrons. The number of hydrogen-bond acceptors (Lipinski definition) is 3. The van der Waals surface area contributed by atoms with E-state index in [0.717, 1.165) is 22.7 Å². The van der Waals surface area contributed by atoms with Gasteiger partial charge in [0, 0.05) is 12.6 Å². The molecule has 1 aromatic rings. The van der Waals surface area contributed by atoms with Crippen molar-refractivity contribution in [3.63, 3.8) is 0 Å². The first-order valence-electron chi connectivity index (χ1n) is 6.62. The van der Waals surface area contributed by atoms with Crippen molar-refractivity contribution in [3.8, 4) is 11.8 Å². The van der Waals surface area contributed by atoms with E-state index in [1.54, 1.807) is 0 Å². The summed E-state index contributed by atoms with van der Waals surface area (Å²) in [6.07, 6.45) is 2.28. The summed E-state index contributed by atoms with van der Waals surface area (Å²) in [7, 11) is 0. The van der Waals surface area contributed by atoms with Gasteiger partial charge in [0.2, 0.25) is 0 Å². The molecule has 1 aromatic heterocycles. The molecule has 102 valence electrons. The van der Waals surface area contributed by atoms with Crippen LogP contribution in [-0.4, -0.2) is 35.1 Å². The number of nitrogens with zero attached hydrogens (tertiary/aromatic N) is 1. The van der Waals surface area contributed by atoms with Crippen LogP contribution in [0.3, 0.4) is 0 Å². The Hall–Kier alpha value is -1.31. The molecular weight excluding hydrogens is 258 g/mol. The number of carbonyl (C=O) groups is 1. The van der Waals surface area contributed by atoms with Gasteiger partial charge in [-0.3, -0.25) is 4.79 Å². The minimum Gasteiger partial charge on any atom is -0.384 e. The number of hydrogen-bond donors (Lipinski definition) is 1. The van der Waals surface area contributed by atoms with E-state index in [9.17, 15) is 4.79 Å². The standard InChI is InChI=1S/C15H19NO2S/c1-11-5-6-12(2)16(10-11)15(18)14-8-7-13(19-14)4-3-9-17/h7-8,11-12,17H,5-6,9-10H2,1-2H3. The van der Waals surface area contributed by atoms with Crippen molar-refractivity contribution in [1.29, 1.82) is 0 Å². The summed E-state index contributed by atoms with van der Waals surface area (Å²) in [4.78, 5) is 16.0. The fraction of sp³-hybridized carbons (Fsp3) is 0.533. The highest BCUT2D eigenvalue weighted by atomic mass is 32.1. The molecule has 0 aromatic carbocycles. The molecule has 2 unspecified atom stereocenters. The van der Waals surface area contributed by atoms with Gasteiger partial charge < -0.3 is 10.0 Å². The van der Waals surface area contributed by atoms with Gasteiger partial charge in [-0.2, -0.15) is 0 Å². The number of aliphatic hydroxyl groups is 1. The predicted octanol–water partition coefficient (Wildman–Crippen LogP) is 2.35. The molecular formula is C15H19NO2S. The van der Waals surface area contributed by atoms with E-state index in [2.05, 4.69) is 25.7 Å². The summed E-state index contributed by atoms with van der Waals surface area (Å²) in [5, 5.41) is 8.67. The zero-order valence-electron chi connectivity index (χ0n) is 11.3. The molecule has 19 heavy (non-hydrogen) atoms. The van der Waals surface area contributed by atoms with E-state index >= 15 is 0 Å². The van der Waals surface area contributed by atoms with E-state index < -0.39 is 0 Å². The van der Waals surface area contributed by atoms with Crippen molar-refractivity contribution >= 4 is 17.2 Å². The monoisotopic (exact) mass is 277 g/mol. The van der Waals surface area contributed by atoms with Crippen molar-refractivity contribution in [3.05, 3.63) is 21.9 Å². The molecule has 2 atom stereocenters. The van der Waals surface area contributed by atoms with Crippen molar-refractivity contribution in [2.75, 3.05) is 13.2 Å². The summed E-state index contributed by atoms with van der Waals surface area (Å²) < 4.78 is 0. The third kappa shape index (κ3) is 3.37. The van der Waals surface area contributed by atoms with Crippen LogP contribution in [0, 0.1) is 17.8 Å². The highest BCUT2D eigenvalue weighted by Gasteiger charge is 2.28. The zero-order valence-corrected chi connectivity index (χ0v) is 12.2. The third-order valence-electron chi connectivity index (χ3n) is 3.49. The van der Waals surface area contributed by atoms with E-state index in [-0.39, 0.29) is 12.5 Å². The number of carbonyl (C=O) groups excluding carboxylic acids is 1. The predicted molar refractivity (Wildman–Crippen MR) is 77.2 cm³/mol. The molecule has 0 saturated carbocycles. The molecule has 1 fully saturated rings. The summed E-state index contributed by atoms with van der Waals surface area (Å²) in [6.45, 7) is 5.00. The fourth-order valence-electron chi connectivity index (χ4n) is 2.36. The van der Waals surface area contributed by atoms with Crippen LogP contribution in [0.5, 0.6) is 0 Å². The Balaban J connectivity index is 2.12. The average Bonchev–Trinajstić information content (AvgIpc) is 2.87. The van der Waals surface area contributed by atoms with Gasteiger partial charge in [-0.1, -0.05) is 18.8 Å². The lowest BCUT2D eigenvalue weighted by Crippen LogP contribution is -2.44. The van der Waals surface area contributed by atoms with Crippen LogP contribution in [0.25, 0.3) is 0 Å². The van der Waals surface area contributed by atoms with E-state index in [1.807, 2.05) is 17.0 Å². The maximum atomic E-state index is 12.5. The highest BCUT2D eigenvalue weighted by Crippen LogP contribution is 2.25. The first-order valence-corrected chi connectivity index (χ1v) is 7.44. The Morgan fingerprint density at radius 2 is 2.26 bits per heavy atom. The van der Waals surface area contributed by atoms with Gasteiger partial charge in [0.15, 0.2) is 0 Å². The smallest absolute Gasteiger partial charge is 0.264 e. The maximum absolute atomic E-state index is 12.5. The van der Waals surface area contributed by atoms with Gasteiger partial charge >= 0.3 is 0 Å². The topological polar surface area (TPSA) is 40.5 Å². The summed E-state index contributed by atoms with van der Waals surface area (Å²) in [5.74, 6) is 6.13. The normalized spacial score (nSPS) is 22.8. The van der Waals surface area contributed by atoms with Gasteiger partial charge in [-0.05, 0) is 37.8 Å². The van der Waals surface area contributed by atoms with Crippen LogP contribution < -0.4 is 0 Å². The molecule has 0 bridgehead atoms. The van der Waals surface area contributed by atoms with Gasteiger partial charge in [0.05, 0.1) is 9.75 Å². The highest BCUT2D eigenvalue weighted by molar-refractivity contribution is 7.14. The zero-order chi connectivity index (χ0) is 13.8. The van der Waals surface area contributed by atoms with Crippen LogP contribution in [0.4, 0.5) is 0 Å². The number of thiophene rings is 1. The van der Waals surface area contributed by atoms with Crippen LogP contribution in [0.2, 0.25) is 0 Å². The summed E-state index contributed by atoms with van der Waals surface area (Å²) in [5.41, 5.74) is 0. The van der Waals surface area contributed by atoms with Crippen molar-refractivity contribution in [1.82, 2.24) is 4.90 Å². The fourth-order valence-corrected chi connectivity index (χ4v) is 3.20. The molecule has 4 heteroatoms. The first kappa shape index (κ1) is 14.1. The quantitative estimate of drug-likeness (QED) is 0.801. The Labute approximate surface area is 118 Å². The Bertz CT molecular complexity index is 512. The molecule has 2 heterocycles. The number of rotatable bonds is 1. The van der Waals surface area contributed by atoms with Gasteiger partial charge in [0.1, 0.15) is 6.61 Å². The number of amides is 1. The minimum atomic E-state index is -0.151. The molecule has 0 spiro atoms. The van der Waals surface area contributed by atoms with Crippen LogP contribution >= 0.6 is 11.3 Å². The third-order valence-corrected chi connectivity index (χ3v) is 4.47. The van der Waals surface area contributed by atoms with Crippen LogP contribution in [0.15, 0.2) is 12.1 Å². The molecule has 0 aliphatic carbocycles. The maximum Gasteiger partial charge on any atom is 0.264 e. The second-order valence-corrected chi connectivity index (χ2v) is 6.20. The lowest BCUT2D eigenvalue weighted by Gasteiger charge is -2.36. The second-order valence-electron chi connectivity index (χ2n) is 5.11. The lowest BCUT2D eigenvalue weighted by atomic mass is 9.95. The minimum absolute atomic E-state index is 0.112. The number of aliphatic hydroxyl groups excluding tert-OH is 1. The lowest BCUT2D eigenvalue weighted by molar-refractivity contribution is 0.0579. The summed E-state index contributed by atoms with van der Waals surface area (Å²) in [6, 6.07) is 4.00. The largest absolute Gasteiger partial charge is 0.384 e. The molecule has 2 rings (SSSR count). The Kier molecular flexibility index (Phi) is 4.62. The molecule has 1 aliphatic rings. The van der Waals surface area contributed by atoms with E-state index in [4.69, 9.17) is 5.11 Å². The van der Waals surface area contributed by atoms with E-state index in [1.165, 1.54) is 17.8 Å². The van der Waals surface area contributed by atoms with Gasteiger partial charge in [-0.15, -0.1) is 11.3 Å². The SMILES string of the molecule is CC1CCC(C)N(C(=O)c2ccc(C#CCO)s2)C1. The Morgan fingerprint density at radius 3 is 3.00 bits per heavy atom. The Morgan fingerprint density at radius 1 is 1.47 bits per heavy atom. The first-order chi connectivity index (χ1) is 9.11. The number of likely N-dealkylation sites (tertiary alicyclic amines) is 1. The van der Waals surface area contributed by atoms with Crippen LogP contribution in [-0.2, 0) is 0 Å². The molecule has 1 N–H and O–H groups in total. The van der Waals surface area contributed by atoms with Crippen molar-refractivity contribution in [2.24, 2.45) is 5.92 Å². The van der Waals surface area contributed by atoms with Gasteiger partial charge in [0.25, 0.3) is 5.91 Å². The average molecular weight is 277 g/mol. The van der Waals surface area contributed by atoms with Gasteiger partial charge in [-0.25, -0.2) is 0 Å².